The first kappa shape index (κ1) is 7.59. The molecule has 0 radical (unpaired) electrons. The number of hydrogen-bond acceptors (Lipinski definition) is 3. The van der Waals surface area contributed by atoms with Gasteiger partial charge >= 0.3 is 5.88 Å². The molecule has 1 aromatic rings. The maximum atomic E-state index is 10.9. The number of methoxy groups -OCH3 is 1. The second-order valence-electron chi connectivity index (χ2n) is 2.17. The molecular weight excluding hydrogens is 146 g/mol. The van der Waals surface area contributed by atoms with Crippen LogP contribution in [0.1, 0.15) is 5.56 Å². The van der Waals surface area contributed by atoms with Gasteiger partial charge in [0.1, 0.15) is 0 Å². The van der Waals surface area contributed by atoms with E-state index in [1.165, 1.54) is 13.3 Å². The van der Waals surface area contributed by atoms with E-state index in [9.17, 15) is 4.91 Å². The fraction of sp³-hybridized carbons (Fsp3) is 0.333. The number of hydrogen-bond donors (Lipinski definition) is 2. The van der Waals surface area contributed by atoms with Crippen molar-refractivity contribution in [1.82, 2.24) is 5.10 Å². The van der Waals surface area contributed by atoms with Gasteiger partial charge in [-0.3, -0.25) is 0 Å². The highest BCUT2D eigenvalue weighted by atomic mass is 16.5. The fourth-order valence-corrected chi connectivity index (χ4v) is 0.763. The molecule has 0 saturated heterocycles. The number of nitrogens with two attached hydrogens (primary N) is 1. The van der Waals surface area contributed by atoms with E-state index in [4.69, 9.17) is 10.5 Å². The van der Waals surface area contributed by atoms with Crippen LogP contribution in [0.25, 0.3) is 0 Å². The van der Waals surface area contributed by atoms with Crippen molar-refractivity contribution in [2.75, 3.05) is 12.8 Å². The third-order valence-corrected chi connectivity index (χ3v) is 1.43. The molecule has 3 N–H and O–H groups in total. The summed E-state index contributed by atoms with van der Waals surface area (Å²) in [5.74, 6) is 0.102. The minimum absolute atomic E-state index is 0.102. The molecule has 5 heteroatoms. The van der Waals surface area contributed by atoms with Crippen LogP contribution in [0.4, 0.5) is 5.69 Å². The van der Waals surface area contributed by atoms with Crippen molar-refractivity contribution in [2.24, 2.45) is 0 Å². The molecule has 0 atom stereocenters. The Hall–Kier alpha value is -1.52. The molecule has 0 aromatic carbocycles. The number of aromatic nitrogens is 2. The van der Waals surface area contributed by atoms with Crippen LogP contribution in [0.2, 0.25) is 0 Å². The highest BCUT2D eigenvalue weighted by Gasteiger charge is 2.15. The van der Waals surface area contributed by atoms with Crippen molar-refractivity contribution in [3.05, 3.63) is 16.7 Å². The van der Waals surface area contributed by atoms with Crippen molar-refractivity contribution in [2.45, 2.75) is 6.92 Å². The van der Waals surface area contributed by atoms with E-state index in [0.717, 1.165) is 5.56 Å². The second-order valence-corrected chi connectivity index (χ2v) is 2.17. The lowest BCUT2D eigenvalue weighted by Crippen LogP contribution is -2.23. The first-order valence-electron chi connectivity index (χ1n) is 3.11. The van der Waals surface area contributed by atoms with Gasteiger partial charge in [0.25, 0.3) is 0 Å². The molecular formula is C6H10N3O2+. The van der Waals surface area contributed by atoms with Gasteiger partial charge in [-0.25, -0.2) is 0 Å². The quantitative estimate of drug-likeness (QED) is 0.554. The lowest BCUT2D eigenvalue weighted by atomic mass is 10.3. The van der Waals surface area contributed by atoms with Gasteiger partial charge in [-0.2, -0.15) is 0 Å². The molecule has 0 fully saturated rings. The summed E-state index contributed by atoms with van der Waals surface area (Å²) in [5.41, 5.74) is 6.68. The molecule has 0 aliphatic rings. The lowest BCUT2D eigenvalue weighted by Gasteiger charge is -1.95. The van der Waals surface area contributed by atoms with Gasteiger partial charge in [0.15, 0.2) is 5.69 Å². The number of ether oxygens (including phenoxy) is 1. The number of rotatable bonds is 1. The van der Waals surface area contributed by atoms with Crippen LogP contribution in [0.15, 0.2) is 6.20 Å². The summed E-state index contributed by atoms with van der Waals surface area (Å²) in [7, 11) is 1.40. The maximum Gasteiger partial charge on any atom is 0.473 e. The van der Waals surface area contributed by atoms with Gasteiger partial charge in [-0.15, -0.1) is 5.10 Å². The van der Waals surface area contributed by atoms with Crippen LogP contribution in [-0.4, -0.2) is 12.2 Å². The molecule has 5 nitrogen and oxygen atoms in total. The molecule has 1 aromatic heterocycles. The first-order chi connectivity index (χ1) is 5.16. The van der Waals surface area contributed by atoms with E-state index in [1.54, 1.807) is 6.92 Å². The zero-order valence-corrected chi connectivity index (χ0v) is 6.42. The Kier molecular flexibility index (Phi) is 1.80. The summed E-state index contributed by atoms with van der Waals surface area (Å²) in [5, 5.41) is 2.42. The topological polar surface area (TPSA) is 74.0 Å². The SMILES string of the molecule is COc1c(N)c(C)c[nH][n+]1=O. The summed E-state index contributed by atoms with van der Waals surface area (Å²) in [4.78, 5) is 10.9. The highest BCUT2D eigenvalue weighted by molar-refractivity contribution is 5.50. The van der Waals surface area contributed by atoms with Gasteiger partial charge in [-0.05, 0) is 6.92 Å². The molecule has 0 amide bonds. The molecule has 0 spiro atoms. The normalized spacial score (nSPS) is 9.64. The number of nitrogens with zero attached hydrogens (tertiary/aromatic N) is 1. The standard InChI is InChI=1S/C6H10N3O2/c1-4-3-8-9(10)6(11-2)5(4)7/h3H,1-2H3,(H3,7,8,10)/q+1. The molecule has 0 bridgehead atoms. The summed E-state index contributed by atoms with van der Waals surface area (Å²) in [6.07, 6.45) is 1.52. The predicted octanol–water partition coefficient (Wildman–Crippen LogP) is -0.172. The number of aryl methyl sites for hydroxylation is 1. The number of nitrogens with one attached hydrogen (secondary N) is 1. The largest absolute Gasteiger partial charge is 0.473 e. The van der Waals surface area contributed by atoms with Gasteiger partial charge in [-0.1, -0.05) is 0 Å². The van der Waals surface area contributed by atoms with Crippen LogP contribution >= 0.6 is 0 Å². The third kappa shape index (κ3) is 1.17. The van der Waals surface area contributed by atoms with Crippen LogP contribution < -0.4 is 15.0 Å². The third-order valence-electron chi connectivity index (χ3n) is 1.43. The average molecular weight is 156 g/mol. The Morgan fingerprint density at radius 2 is 2.36 bits per heavy atom. The molecule has 11 heavy (non-hydrogen) atoms. The Balaban J connectivity index is 3.41. The van der Waals surface area contributed by atoms with Gasteiger partial charge < -0.3 is 10.5 Å². The number of aromatic amines is 1. The first-order valence-corrected chi connectivity index (χ1v) is 3.11. The monoisotopic (exact) mass is 156 g/mol. The Morgan fingerprint density at radius 3 is 2.82 bits per heavy atom. The Bertz CT molecular complexity index is 318. The van der Waals surface area contributed by atoms with Crippen LogP contribution in [0.5, 0.6) is 5.88 Å². The van der Waals surface area contributed by atoms with E-state index in [1.807, 2.05) is 0 Å². The van der Waals surface area contributed by atoms with E-state index < -0.39 is 0 Å². The zero-order chi connectivity index (χ0) is 8.43. The summed E-state index contributed by atoms with van der Waals surface area (Å²) in [6, 6.07) is 0. The van der Waals surface area contributed by atoms with Crippen molar-refractivity contribution in [1.29, 1.82) is 0 Å². The maximum absolute atomic E-state index is 10.9. The smallest absolute Gasteiger partial charge is 0.441 e. The number of nitrogen functional groups attached to an aromatic ring is 1. The second kappa shape index (κ2) is 2.61. The Morgan fingerprint density at radius 1 is 1.73 bits per heavy atom. The van der Waals surface area contributed by atoms with Crippen LogP contribution in [-0.2, 0) is 0 Å². The summed E-state index contributed by atoms with van der Waals surface area (Å²) in [6.45, 7) is 1.79. The average Bonchev–Trinajstić information content (AvgIpc) is 1.99. The summed E-state index contributed by atoms with van der Waals surface area (Å²) >= 11 is 0. The van der Waals surface area contributed by atoms with E-state index >= 15 is 0 Å². The molecule has 60 valence electrons. The van der Waals surface area contributed by atoms with Crippen LogP contribution in [0, 0.1) is 11.8 Å². The minimum atomic E-state index is 0.102. The molecule has 0 saturated carbocycles. The Labute approximate surface area is 63.4 Å². The minimum Gasteiger partial charge on any atom is -0.441 e. The van der Waals surface area contributed by atoms with Gasteiger partial charge in [0, 0.05) is 5.56 Å². The van der Waals surface area contributed by atoms with E-state index in [2.05, 4.69) is 5.10 Å². The van der Waals surface area contributed by atoms with Crippen molar-refractivity contribution in [3.8, 4) is 5.88 Å². The van der Waals surface area contributed by atoms with Crippen molar-refractivity contribution >= 4 is 5.69 Å². The summed E-state index contributed by atoms with van der Waals surface area (Å²) < 4.78 is 5.23. The highest BCUT2D eigenvalue weighted by Crippen LogP contribution is 2.16. The van der Waals surface area contributed by atoms with E-state index in [0.29, 0.717) is 10.2 Å². The number of H-pyrrole nitrogens is 1. The van der Waals surface area contributed by atoms with E-state index in [-0.39, 0.29) is 5.88 Å². The van der Waals surface area contributed by atoms with Crippen molar-refractivity contribution < 1.29 is 9.28 Å². The van der Waals surface area contributed by atoms with Gasteiger partial charge in [0.2, 0.25) is 4.54 Å². The van der Waals surface area contributed by atoms with Crippen LogP contribution in [0.3, 0.4) is 0 Å². The number of anilines is 1. The predicted molar refractivity (Wildman–Crippen MR) is 39.9 cm³/mol. The molecule has 0 aliphatic heterocycles. The van der Waals surface area contributed by atoms with Crippen molar-refractivity contribution in [3.63, 3.8) is 0 Å². The molecule has 1 heterocycles. The lowest BCUT2D eigenvalue weighted by molar-refractivity contribution is -0.571. The van der Waals surface area contributed by atoms with Gasteiger partial charge in [0.05, 0.1) is 18.2 Å². The molecule has 1 rings (SSSR count). The fourth-order valence-electron chi connectivity index (χ4n) is 0.763. The zero-order valence-electron chi connectivity index (χ0n) is 6.42. The molecule has 0 unspecified atom stereocenters. The molecule has 0 aliphatic carbocycles.